The molecule has 2 aromatic rings. The highest BCUT2D eigenvalue weighted by Crippen LogP contribution is 2.44. The molecule has 1 aliphatic rings. The minimum atomic E-state index is -0.540. The third-order valence-electron chi connectivity index (χ3n) is 4.42. The first-order chi connectivity index (χ1) is 11.2. The third-order valence-corrected chi connectivity index (χ3v) is 4.82. The summed E-state index contributed by atoms with van der Waals surface area (Å²) in [5, 5.41) is -0.540. The highest BCUT2D eigenvalue weighted by molar-refractivity contribution is 6.29. The van der Waals surface area contributed by atoms with Crippen molar-refractivity contribution in [2.45, 2.75) is 37.5 Å². The molecule has 23 heavy (non-hydrogen) atoms. The first-order valence-corrected chi connectivity index (χ1v) is 8.65. The van der Waals surface area contributed by atoms with Crippen molar-refractivity contribution in [3.8, 4) is 11.1 Å². The SMILES string of the molecule is CCCCC(Cl)C(=O)OCC1c2ccccc2-c2ccccc21. The van der Waals surface area contributed by atoms with Gasteiger partial charge in [0.25, 0.3) is 0 Å². The lowest BCUT2D eigenvalue weighted by Gasteiger charge is -2.15. The van der Waals surface area contributed by atoms with E-state index in [9.17, 15) is 4.79 Å². The van der Waals surface area contributed by atoms with E-state index in [0.29, 0.717) is 13.0 Å². The van der Waals surface area contributed by atoms with Crippen LogP contribution in [-0.2, 0) is 9.53 Å². The molecule has 2 nitrogen and oxygen atoms in total. The summed E-state index contributed by atoms with van der Waals surface area (Å²) in [6, 6.07) is 16.6. The van der Waals surface area contributed by atoms with Crippen LogP contribution in [0.15, 0.2) is 48.5 Å². The monoisotopic (exact) mass is 328 g/mol. The lowest BCUT2D eigenvalue weighted by molar-refractivity contribution is -0.143. The number of carbonyl (C=O) groups excluding carboxylic acids is 1. The Morgan fingerprint density at radius 3 is 2.22 bits per heavy atom. The lowest BCUT2D eigenvalue weighted by Crippen LogP contribution is -2.20. The first kappa shape index (κ1) is 16.1. The van der Waals surface area contributed by atoms with Crippen LogP contribution >= 0.6 is 11.6 Å². The van der Waals surface area contributed by atoms with Crippen molar-refractivity contribution in [3.63, 3.8) is 0 Å². The second-order valence-electron chi connectivity index (χ2n) is 5.97. The number of ether oxygens (including phenoxy) is 1. The van der Waals surface area contributed by atoms with Crippen LogP contribution in [0.3, 0.4) is 0 Å². The third kappa shape index (κ3) is 3.28. The average Bonchev–Trinajstić information content (AvgIpc) is 2.91. The Kier molecular flexibility index (Phi) is 5.02. The molecule has 3 heteroatoms. The van der Waals surface area contributed by atoms with Crippen molar-refractivity contribution in [1.82, 2.24) is 0 Å². The Balaban J connectivity index is 1.75. The van der Waals surface area contributed by atoms with Crippen molar-refractivity contribution in [2.75, 3.05) is 6.61 Å². The van der Waals surface area contributed by atoms with Crippen LogP contribution in [0.4, 0.5) is 0 Å². The van der Waals surface area contributed by atoms with Crippen LogP contribution in [-0.4, -0.2) is 18.0 Å². The number of rotatable bonds is 6. The van der Waals surface area contributed by atoms with Gasteiger partial charge in [-0.2, -0.15) is 0 Å². The van der Waals surface area contributed by atoms with E-state index in [-0.39, 0.29) is 11.9 Å². The molecule has 2 aromatic carbocycles. The number of hydrogen-bond donors (Lipinski definition) is 0. The zero-order valence-electron chi connectivity index (χ0n) is 13.3. The van der Waals surface area contributed by atoms with E-state index in [1.807, 2.05) is 24.3 Å². The average molecular weight is 329 g/mol. The van der Waals surface area contributed by atoms with Crippen LogP contribution in [0, 0.1) is 0 Å². The van der Waals surface area contributed by atoms with Gasteiger partial charge in [-0.05, 0) is 28.7 Å². The summed E-state index contributed by atoms with van der Waals surface area (Å²) in [6.07, 6.45) is 2.65. The van der Waals surface area contributed by atoms with E-state index in [0.717, 1.165) is 12.8 Å². The number of halogens is 1. The molecule has 0 aromatic heterocycles. The highest BCUT2D eigenvalue weighted by Gasteiger charge is 2.29. The van der Waals surface area contributed by atoms with Gasteiger partial charge in [-0.25, -0.2) is 0 Å². The summed E-state index contributed by atoms with van der Waals surface area (Å²) in [5.74, 6) is -0.205. The summed E-state index contributed by atoms with van der Waals surface area (Å²) in [7, 11) is 0. The molecule has 0 bridgehead atoms. The van der Waals surface area contributed by atoms with Crippen molar-refractivity contribution in [3.05, 3.63) is 59.7 Å². The fourth-order valence-electron chi connectivity index (χ4n) is 3.20. The molecule has 3 rings (SSSR count). The van der Waals surface area contributed by atoms with Gasteiger partial charge in [-0.15, -0.1) is 11.6 Å². The van der Waals surface area contributed by atoms with Gasteiger partial charge in [-0.3, -0.25) is 4.79 Å². The van der Waals surface area contributed by atoms with Crippen molar-refractivity contribution >= 4 is 17.6 Å². The number of carbonyl (C=O) groups is 1. The highest BCUT2D eigenvalue weighted by atomic mass is 35.5. The fraction of sp³-hybridized carbons (Fsp3) is 0.350. The topological polar surface area (TPSA) is 26.3 Å². The second kappa shape index (κ2) is 7.18. The van der Waals surface area contributed by atoms with Crippen molar-refractivity contribution in [2.24, 2.45) is 0 Å². The number of hydrogen-bond acceptors (Lipinski definition) is 2. The Morgan fingerprint density at radius 1 is 1.09 bits per heavy atom. The van der Waals surface area contributed by atoms with Crippen LogP contribution < -0.4 is 0 Å². The molecule has 0 radical (unpaired) electrons. The summed E-state index contributed by atoms with van der Waals surface area (Å²) in [6.45, 7) is 2.43. The van der Waals surface area contributed by atoms with Gasteiger partial charge in [0, 0.05) is 5.92 Å². The van der Waals surface area contributed by atoms with Gasteiger partial charge in [0.05, 0.1) is 0 Å². The molecule has 0 N–H and O–H groups in total. The van der Waals surface area contributed by atoms with Crippen LogP contribution in [0.5, 0.6) is 0 Å². The van der Waals surface area contributed by atoms with E-state index < -0.39 is 5.38 Å². The molecule has 1 aliphatic carbocycles. The number of fused-ring (bicyclic) bond motifs is 3. The van der Waals surface area contributed by atoms with Gasteiger partial charge in [-0.1, -0.05) is 68.3 Å². The maximum Gasteiger partial charge on any atom is 0.324 e. The van der Waals surface area contributed by atoms with Gasteiger partial charge < -0.3 is 4.74 Å². The minimum absolute atomic E-state index is 0.0985. The molecule has 0 fully saturated rings. The number of benzene rings is 2. The summed E-state index contributed by atoms with van der Waals surface area (Å²) in [5.41, 5.74) is 4.91. The Labute approximate surface area is 142 Å². The van der Waals surface area contributed by atoms with Crippen molar-refractivity contribution < 1.29 is 9.53 Å². The zero-order valence-corrected chi connectivity index (χ0v) is 14.1. The molecule has 0 saturated heterocycles. The van der Waals surface area contributed by atoms with E-state index in [1.165, 1.54) is 22.3 Å². The molecular formula is C20H21ClO2. The smallest absolute Gasteiger partial charge is 0.324 e. The van der Waals surface area contributed by atoms with E-state index in [2.05, 4.69) is 31.2 Å². The Morgan fingerprint density at radius 2 is 1.65 bits per heavy atom. The first-order valence-electron chi connectivity index (χ1n) is 8.21. The summed E-state index contributed by atoms with van der Waals surface area (Å²) < 4.78 is 5.53. The van der Waals surface area contributed by atoms with Crippen LogP contribution in [0.25, 0.3) is 11.1 Å². The van der Waals surface area contributed by atoms with Gasteiger partial charge >= 0.3 is 5.97 Å². The van der Waals surface area contributed by atoms with Crippen molar-refractivity contribution in [1.29, 1.82) is 0 Å². The predicted octanol–water partition coefficient (Wildman–Crippen LogP) is 5.14. The normalized spacial score (nSPS) is 14.2. The standard InChI is InChI=1S/C20H21ClO2/c1-2-3-12-19(21)20(22)23-13-18-16-10-6-4-8-14(16)15-9-5-7-11-17(15)18/h4-11,18-19H,2-3,12-13H2,1H3. The summed E-state index contributed by atoms with van der Waals surface area (Å²) >= 11 is 6.12. The van der Waals surface area contributed by atoms with Gasteiger partial charge in [0.1, 0.15) is 12.0 Å². The fourth-order valence-corrected chi connectivity index (χ4v) is 3.41. The molecule has 120 valence electrons. The number of unbranched alkanes of at least 4 members (excludes halogenated alkanes) is 1. The zero-order chi connectivity index (χ0) is 16.2. The Hall–Kier alpha value is -1.80. The van der Waals surface area contributed by atoms with Gasteiger partial charge in [0.2, 0.25) is 0 Å². The number of alkyl halides is 1. The molecule has 0 saturated carbocycles. The largest absolute Gasteiger partial charge is 0.464 e. The molecule has 0 spiro atoms. The Bertz CT molecular complexity index is 650. The van der Waals surface area contributed by atoms with Crippen LogP contribution in [0.2, 0.25) is 0 Å². The molecule has 0 amide bonds. The minimum Gasteiger partial charge on any atom is -0.464 e. The second-order valence-corrected chi connectivity index (χ2v) is 6.49. The number of esters is 1. The quantitative estimate of drug-likeness (QED) is 0.542. The molecule has 0 aliphatic heterocycles. The lowest BCUT2D eigenvalue weighted by atomic mass is 9.98. The summed E-state index contributed by atoms with van der Waals surface area (Å²) in [4.78, 5) is 12.1. The molecule has 1 atom stereocenters. The maximum atomic E-state index is 12.1. The van der Waals surface area contributed by atoms with E-state index in [4.69, 9.17) is 16.3 Å². The van der Waals surface area contributed by atoms with E-state index in [1.54, 1.807) is 0 Å². The molecule has 0 heterocycles. The molecular weight excluding hydrogens is 308 g/mol. The predicted molar refractivity (Wildman–Crippen MR) is 93.8 cm³/mol. The molecule has 1 unspecified atom stereocenters. The van der Waals surface area contributed by atoms with Crippen LogP contribution in [0.1, 0.15) is 43.2 Å². The maximum absolute atomic E-state index is 12.1. The van der Waals surface area contributed by atoms with E-state index >= 15 is 0 Å². The van der Waals surface area contributed by atoms with Gasteiger partial charge in [0.15, 0.2) is 0 Å².